The maximum absolute atomic E-state index is 13.1. The number of carbonyl (C=O) groups is 4. The largest absolute Gasteiger partial charge is 0.472 e. The highest BCUT2D eigenvalue weighted by Gasteiger charge is 2.30. The van der Waals surface area contributed by atoms with Gasteiger partial charge in [0.2, 0.25) is 0 Å². The lowest BCUT2D eigenvalue weighted by atomic mass is 9.99. The van der Waals surface area contributed by atoms with Crippen LogP contribution in [-0.4, -0.2) is 96.7 Å². The van der Waals surface area contributed by atoms with E-state index in [-0.39, 0.29) is 25.7 Å². The number of hydrogen-bond acceptors (Lipinski definition) is 15. The quantitative estimate of drug-likeness (QED) is 0.0222. The van der Waals surface area contributed by atoms with Crippen molar-refractivity contribution in [2.24, 2.45) is 23.7 Å². The van der Waals surface area contributed by atoms with E-state index in [4.69, 9.17) is 37.0 Å². The lowest BCUT2D eigenvalue weighted by Gasteiger charge is -2.21. The van der Waals surface area contributed by atoms with Crippen LogP contribution >= 0.6 is 15.6 Å². The van der Waals surface area contributed by atoms with E-state index < -0.39 is 97.5 Å². The molecule has 0 fully saturated rings. The van der Waals surface area contributed by atoms with Crippen molar-refractivity contribution in [3.8, 4) is 0 Å². The fraction of sp³-hybridized carbons (Fsp3) is 0.948. The second-order valence-corrected chi connectivity index (χ2v) is 32.3. The van der Waals surface area contributed by atoms with E-state index in [1.807, 2.05) is 0 Å². The van der Waals surface area contributed by atoms with Crippen LogP contribution in [0.5, 0.6) is 0 Å². The monoisotopic (exact) mass is 1410 g/mol. The van der Waals surface area contributed by atoms with Gasteiger partial charge in [0.05, 0.1) is 26.4 Å². The Morgan fingerprint density at radius 2 is 0.500 bits per heavy atom. The van der Waals surface area contributed by atoms with Gasteiger partial charge in [0.25, 0.3) is 0 Å². The van der Waals surface area contributed by atoms with E-state index in [2.05, 4.69) is 55.4 Å². The van der Waals surface area contributed by atoms with Gasteiger partial charge in [0.15, 0.2) is 12.2 Å². The van der Waals surface area contributed by atoms with E-state index in [1.54, 1.807) is 0 Å². The molecule has 0 rings (SSSR count). The SMILES string of the molecule is CCC(C)CCCCCCCCCCCCCCCCCCCCC(=O)O[C@H](COC(=O)CCCCCCCCCCC(C)C)COP(=O)(O)OC[C@@H](O)COP(=O)(O)OC[C@@H](COC(=O)CCCCCCCCC(C)C)OC(=O)CCCCCCCCCCCCCC(C)C. The number of esters is 4. The molecule has 0 spiro atoms. The molecule has 0 aliphatic carbocycles. The predicted octanol–water partition coefficient (Wildman–Crippen LogP) is 22.4. The molecule has 0 aromatic heterocycles. The topological polar surface area (TPSA) is 237 Å². The molecule has 3 N–H and O–H groups in total. The van der Waals surface area contributed by atoms with Gasteiger partial charge in [0, 0.05) is 25.7 Å². The normalized spacial score (nSPS) is 14.4. The Morgan fingerprint density at radius 1 is 0.292 bits per heavy atom. The van der Waals surface area contributed by atoms with Crippen molar-refractivity contribution in [2.75, 3.05) is 39.6 Å². The van der Waals surface area contributed by atoms with Crippen LogP contribution in [0.3, 0.4) is 0 Å². The number of hydrogen-bond donors (Lipinski definition) is 3. The number of rotatable bonds is 74. The van der Waals surface area contributed by atoms with Crippen LogP contribution in [0.15, 0.2) is 0 Å². The molecule has 0 saturated carbocycles. The molecule has 0 aliphatic rings. The zero-order chi connectivity index (χ0) is 71.0. The molecule has 0 aliphatic heterocycles. The molecule has 0 saturated heterocycles. The summed E-state index contributed by atoms with van der Waals surface area (Å²) in [6.45, 7) is 14.2. The van der Waals surface area contributed by atoms with Gasteiger partial charge in [-0.3, -0.25) is 37.3 Å². The number of unbranched alkanes of at least 4 members (excludes halogenated alkanes) is 39. The van der Waals surface area contributed by atoms with Crippen LogP contribution in [0, 0.1) is 23.7 Å². The van der Waals surface area contributed by atoms with Crippen molar-refractivity contribution in [1.29, 1.82) is 0 Å². The van der Waals surface area contributed by atoms with Crippen LogP contribution in [0.2, 0.25) is 0 Å². The second-order valence-electron chi connectivity index (χ2n) is 29.4. The highest BCUT2D eigenvalue weighted by atomic mass is 31.2. The third-order valence-electron chi connectivity index (χ3n) is 18.2. The third kappa shape index (κ3) is 69.2. The van der Waals surface area contributed by atoms with Crippen molar-refractivity contribution >= 4 is 39.5 Å². The molecular weight excluding hydrogens is 1260 g/mol. The molecule has 0 heterocycles. The summed E-state index contributed by atoms with van der Waals surface area (Å²) in [7, 11) is -9.91. The smallest absolute Gasteiger partial charge is 0.462 e. The molecule has 17 nitrogen and oxygen atoms in total. The zero-order valence-corrected chi connectivity index (χ0v) is 64.8. The van der Waals surface area contributed by atoms with Crippen LogP contribution < -0.4 is 0 Å². The van der Waals surface area contributed by atoms with Crippen LogP contribution in [0.1, 0.15) is 389 Å². The highest BCUT2D eigenvalue weighted by Crippen LogP contribution is 2.45. The Morgan fingerprint density at radius 3 is 0.740 bits per heavy atom. The first kappa shape index (κ1) is 94.1. The van der Waals surface area contributed by atoms with Crippen molar-refractivity contribution < 1.29 is 80.2 Å². The van der Waals surface area contributed by atoms with Crippen molar-refractivity contribution in [3.05, 3.63) is 0 Å². The van der Waals surface area contributed by atoms with E-state index in [0.29, 0.717) is 31.6 Å². The van der Waals surface area contributed by atoms with Gasteiger partial charge in [-0.05, 0) is 49.4 Å². The van der Waals surface area contributed by atoms with Crippen molar-refractivity contribution in [3.63, 3.8) is 0 Å². The highest BCUT2D eigenvalue weighted by molar-refractivity contribution is 7.47. The van der Waals surface area contributed by atoms with Gasteiger partial charge in [0.1, 0.15) is 19.3 Å². The molecular formula is C77H150O17P2. The summed E-state index contributed by atoms with van der Waals surface area (Å²) in [6, 6.07) is 0. The molecule has 96 heavy (non-hydrogen) atoms. The minimum atomic E-state index is -4.96. The van der Waals surface area contributed by atoms with Crippen LogP contribution in [0.4, 0.5) is 0 Å². The van der Waals surface area contributed by atoms with E-state index in [1.165, 1.54) is 186 Å². The van der Waals surface area contributed by atoms with E-state index in [9.17, 15) is 43.2 Å². The molecule has 3 unspecified atom stereocenters. The summed E-state index contributed by atoms with van der Waals surface area (Å²) < 4.78 is 68.5. The molecule has 6 atom stereocenters. The third-order valence-corrected chi connectivity index (χ3v) is 20.1. The maximum Gasteiger partial charge on any atom is 0.472 e. The molecule has 0 amide bonds. The molecule has 0 aromatic rings. The number of aliphatic hydroxyl groups is 1. The molecule has 0 aromatic carbocycles. The summed E-state index contributed by atoms with van der Waals surface area (Å²) in [4.78, 5) is 72.7. The summed E-state index contributed by atoms with van der Waals surface area (Å²) in [5.41, 5.74) is 0. The second kappa shape index (κ2) is 66.3. The maximum atomic E-state index is 13.1. The van der Waals surface area contributed by atoms with E-state index in [0.717, 1.165) is 114 Å². The number of phosphoric ester groups is 2. The van der Waals surface area contributed by atoms with Gasteiger partial charge in [-0.15, -0.1) is 0 Å². The average molecular weight is 1410 g/mol. The van der Waals surface area contributed by atoms with Gasteiger partial charge in [-0.25, -0.2) is 9.13 Å². The fourth-order valence-electron chi connectivity index (χ4n) is 11.7. The summed E-state index contributed by atoms with van der Waals surface area (Å²) in [6.07, 6.45) is 51.6. The first-order valence-corrected chi connectivity index (χ1v) is 42.7. The lowest BCUT2D eigenvalue weighted by molar-refractivity contribution is -0.161. The standard InChI is InChI=1S/C77H150O17P2/c1-9-70(8)56-48-40-31-24-20-16-14-12-10-11-13-15-17-21-25-33-43-51-59-76(81)93-72(63-87-74(79)57-49-41-32-28-27-30-38-46-54-68(4)5)65-91-95(83,84)89-61-71(78)62-90-96(85,86)92-66-73(64-88-75(80)58-50-42-36-35-39-47-55-69(6)7)94-77(82)60-52-44-34-26-22-18-19-23-29-37-45-53-67(2)3/h67-73,78H,9-66H2,1-8H3,(H,83,84)(H,85,86)/t70?,71-,72-,73-/m1/s1. The van der Waals surface area contributed by atoms with Crippen molar-refractivity contribution in [2.45, 2.75) is 408 Å². The fourth-order valence-corrected chi connectivity index (χ4v) is 13.3. The molecule has 570 valence electrons. The molecule has 19 heteroatoms. The Labute approximate surface area is 588 Å². The molecule has 0 bridgehead atoms. The van der Waals surface area contributed by atoms with Gasteiger partial charge < -0.3 is 33.8 Å². The van der Waals surface area contributed by atoms with E-state index >= 15 is 0 Å². The Balaban J connectivity index is 5.17. The predicted molar refractivity (Wildman–Crippen MR) is 391 cm³/mol. The summed E-state index contributed by atoms with van der Waals surface area (Å²) in [5.74, 6) is 0.919. The van der Waals surface area contributed by atoms with Crippen LogP contribution in [0.25, 0.3) is 0 Å². The minimum absolute atomic E-state index is 0.105. The zero-order valence-electron chi connectivity index (χ0n) is 63.0. The average Bonchev–Trinajstić information content (AvgIpc) is 1.19. The first-order chi connectivity index (χ1) is 46.1. The molecule has 0 radical (unpaired) electrons. The number of phosphoric acid groups is 2. The number of carbonyl (C=O) groups excluding carboxylic acids is 4. The Hall–Kier alpha value is -1.94. The van der Waals surface area contributed by atoms with Crippen LogP contribution in [-0.2, 0) is 65.4 Å². The summed E-state index contributed by atoms with van der Waals surface area (Å²) in [5, 5.41) is 10.6. The summed E-state index contributed by atoms with van der Waals surface area (Å²) >= 11 is 0. The Kier molecular flexibility index (Phi) is 65.0. The van der Waals surface area contributed by atoms with Gasteiger partial charge >= 0.3 is 39.5 Å². The first-order valence-electron chi connectivity index (χ1n) is 39.7. The number of aliphatic hydroxyl groups excluding tert-OH is 1. The number of ether oxygens (including phenoxy) is 4. The lowest BCUT2D eigenvalue weighted by Crippen LogP contribution is -2.30. The minimum Gasteiger partial charge on any atom is -0.462 e. The Bertz CT molecular complexity index is 1890. The van der Waals surface area contributed by atoms with Crippen molar-refractivity contribution in [1.82, 2.24) is 0 Å². The van der Waals surface area contributed by atoms with Gasteiger partial charge in [-0.2, -0.15) is 0 Å². The van der Waals surface area contributed by atoms with Gasteiger partial charge in [-0.1, -0.05) is 338 Å².